The molecule has 2 aromatic rings. The first kappa shape index (κ1) is 14.6. The minimum atomic E-state index is -0.343. The topological polar surface area (TPSA) is 83.4 Å². The second-order valence-corrected chi connectivity index (χ2v) is 4.60. The highest BCUT2D eigenvalue weighted by atomic mass is 16.3. The van der Waals surface area contributed by atoms with Gasteiger partial charge in [0.05, 0.1) is 12.8 Å². The van der Waals surface area contributed by atoms with Gasteiger partial charge in [-0.1, -0.05) is 6.07 Å². The molecular weight excluding hydrogens is 270 g/mol. The van der Waals surface area contributed by atoms with Crippen LogP contribution in [-0.4, -0.2) is 11.9 Å². The van der Waals surface area contributed by atoms with E-state index < -0.39 is 0 Å². The summed E-state index contributed by atoms with van der Waals surface area (Å²) in [5.74, 6) is 0.519. The molecule has 1 aromatic carbocycles. The predicted molar refractivity (Wildman–Crippen MR) is 80.0 cm³/mol. The van der Waals surface area contributed by atoms with Crippen molar-refractivity contribution in [1.82, 2.24) is 5.32 Å². The van der Waals surface area contributed by atoms with Crippen LogP contribution in [0.2, 0.25) is 0 Å². The molecule has 0 atom stereocenters. The third-order valence-electron chi connectivity index (χ3n) is 2.81. The summed E-state index contributed by atoms with van der Waals surface area (Å²) in [7, 11) is 0. The van der Waals surface area contributed by atoms with E-state index >= 15 is 0 Å². The van der Waals surface area contributed by atoms with Gasteiger partial charge in [0.25, 0.3) is 0 Å². The first-order valence-corrected chi connectivity index (χ1v) is 6.50. The quantitative estimate of drug-likeness (QED) is 0.808. The minimum Gasteiger partial charge on any atom is -0.467 e. The van der Waals surface area contributed by atoms with Gasteiger partial charge >= 0.3 is 6.03 Å². The Labute approximate surface area is 122 Å². The van der Waals surface area contributed by atoms with E-state index in [1.54, 1.807) is 30.5 Å². The molecule has 0 saturated heterocycles. The van der Waals surface area contributed by atoms with Crippen LogP contribution in [0.4, 0.5) is 16.2 Å². The predicted octanol–water partition coefficient (Wildman–Crippen LogP) is 2.87. The molecule has 0 saturated carbocycles. The molecule has 3 amide bonds. The first-order valence-electron chi connectivity index (χ1n) is 6.50. The van der Waals surface area contributed by atoms with E-state index in [0.29, 0.717) is 23.7 Å². The van der Waals surface area contributed by atoms with Crippen LogP contribution >= 0.6 is 0 Å². The van der Waals surface area contributed by atoms with Gasteiger partial charge in [-0.05, 0) is 36.8 Å². The monoisotopic (exact) mass is 287 g/mol. The standard InChI is InChI=1S/C15H17N3O3/c1-10-5-6-12(8-14(10)17-11(2)19)18-15(20)16-9-13-4-3-7-21-13/h3-8H,9H2,1-2H3,(H,17,19)(H2,16,18,20). The summed E-state index contributed by atoms with van der Waals surface area (Å²) in [5.41, 5.74) is 2.19. The fourth-order valence-electron chi connectivity index (χ4n) is 1.78. The number of carbonyl (C=O) groups excluding carboxylic acids is 2. The third kappa shape index (κ3) is 4.38. The molecule has 6 heteroatoms. The largest absolute Gasteiger partial charge is 0.467 e. The fourth-order valence-corrected chi connectivity index (χ4v) is 1.78. The van der Waals surface area contributed by atoms with Gasteiger partial charge in [-0.2, -0.15) is 0 Å². The smallest absolute Gasteiger partial charge is 0.319 e. The van der Waals surface area contributed by atoms with Crippen LogP contribution in [0, 0.1) is 6.92 Å². The number of aryl methyl sites for hydroxylation is 1. The average Bonchev–Trinajstić information content (AvgIpc) is 2.93. The van der Waals surface area contributed by atoms with Crippen molar-refractivity contribution in [3.63, 3.8) is 0 Å². The number of nitrogens with one attached hydrogen (secondary N) is 3. The van der Waals surface area contributed by atoms with Crippen molar-refractivity contribution in [1.29, 1.82) is 0 Å². The van der Waals surface area contributed by atoms with Gasteiger partial charge in [0.15, 0.2) is 0 Å². The van der Waals surface area contributed by atoms with Crippen LogP contribution in [0.3, 0.4) is 0 Å². The zero-order valence-corrected chi connectivity index (χ0v) is 11.9. The highest BCUT2D eigenvalue weighted by Gasteiger charge is 2.06. The normalized spacial score (nSPS) is 10.0. The molecule has 0 aliphatic carbocycles. The number of rotatable bonds is 4. The van der Waals surface area contributed by atoms with E-state index in [1.165, 1.54) is 6.92 Å². The molecule has 0 fully saturated rings. The van der Waals surface area contributed by atoms with Gasteiger partial charge in [-0.25, -0.2) is 4.79 Å². The molecule has 21 heavy (non-hydrogen) atoms. The Morgan fingerprint density at radius 3 is 2.67 bits per heavy atom. The summed E-state index contributed by atoms with van der Waals surface area (Å²) < 4.78 is 5.12. The lowest BCUT2D eigenvalue weighted by Gasteiger charge is -2.11. The van der Waals surface area contributed by atoms with Crippen molar-refractivity contribution in [2.45, 2.75) is 20.4 Å². The van der Waals surface area contributed by atoms with Gasteiger partial charge in [0.1, 0.15) is 5.76 Å². The molecule has 0 aliphatic rings. The van der Waals surface area contributed by atoms with Crippen molar-refractivity contribution in [2.24, 2.45) is 0 Å². The minimum absolute atomic E-state index is 0.155. The second kappa shape index (κ2) is 6.60. The van der Waals surface area contributed by atoms with Gasteiger partial charge < -0.3 is 20.4 Å². The first-order chi connectivity index (χ1) is 10.0. The maximum atomic E-state index is 11.8. The molecule has 6 nitrogen and oxygen atoms in total. The number of anilines is 2. The molecular formula is C15H17N3O3. The number of urea groups is 1. The van der Waals surface area contributed by atoms with Crippen molar-refractivity contribution in [3.05, 3.63) is 47.9 Å². The Kier molecular flexibility index (Phi) is 4.61. The van der Waals surface area contributed by atoms with E-state index in [9.17, 15) is 9.59 Å². The highest BCUT2D eigenvalue weighted by molar-refractivity contribution is 5.93. The van der Waals surface area contributed by atoms with Crippen LogP contribution in [-0.2, 0) is 11.3 Å². The van der Waals surface area contributed by atoms with Crippen LogP contribution in [0.15, 0.2) is 41.0 Å². The zero-order chi connectivity index (χ0) is 15.2. The Balaban J connectivity index is 1.95. The van der Waals surface area contributed by atoms with Crippen LogP contribution in [0.1, 0.15) is 18.2 Å². The van der Waals surface area contributed by atoms with Gasteiger partial charge in [0, 0.05) is 18.3 Å². The summed E-state index contributed by atoms with van der Waals surface area (Å²) in [6.07, 6.45) is 1.55. The van der Waals surface area contributed by atoms with Crippen LogP contribution in [0.25, 0.3) is 0 Å². The molecule has 0 aliphatic heterocycles. The van der Waals surface area contributed by atoms with Crippen molar-refractivity contribution in [3.8, 4) is 0 Å². The average molecular weight is 287 g/mol. The summed E-state index contributed by atoms with van der Waals surface area (Å²) >= 11 is 0. The lowest BCUT2D eigenvalue weighted by molar-refractivity contribution is -0.114. The summed E-state index contributed by atoms with van der Waals surface area (Å²) in [6, 6.07) is 8.50. The summed E-state index contributed by atoms with van der Waals surface area (Å²) in [4.78, 5) is 22.9. The Morgan fingerprint density at radius 2 is 2.00 bits per heavy atom. The molecule has 0 spiro atoms. The van der Waals surface area contributed by atoms with Gasteiger partial charge in [0.2, 0.25) is 5.91 Å². The molecule has 110 valence electrons. The maximum absolute atomic E-state index is 11.8. The van der Waals surface area contributed by atoms with Crippen molar-refractivity contribution in [2.75, 3.05) is 10.6 Å². The number of benzene rings is 1. The Bertz CT molecular complexity index is 636. The Hall–Kier alpha value is -2.76. The van der Waals surface area contributed by atoms with Crippen molar-refractivity contribution >= 4 is 23.3 Å². The fraction of sp³-hybridized carbons (Fsp3) is 0.200. The molecule has 0 unspecified atom stereocenters. The van der Waals surface area contributed by atoms with Crippen molar-refractivity contribution < 1.29 is 14.0 Å². The number of hydrogen-bond donors (Lipinski definition) is 3. The number of furan rings is 1. The van der Waals surface area contributed by atoms with Gasteiger partial charge in [-0.3, -0.25) is 4.79 Å². The van der Waals surface area contributed by atoms with E-state index in [2.05, 4.69) is 16.0 Å². The van der Waals surface area contributed by atoms with E-state index in [0.717, 1.165) is 5.56 Å². The maximum Gasteiger partial charge on any atom is 0.319 e. The number of carbonyl (C=O) groups is 2. The SMILES string of the molecule is CC(=O)Nc1cc(NC(=O)NCc2ccco2)ccc1C. The second-order valence-electron chi connectivity index (χ2n) is 4.60. The van der Waals surface area contributed by atoms with Crippen LogP contribution in [0.5, 0.6) is 0 Å². The molecule has 1 aromatic heterocycles. The molecule has 2 rings (SSSR count). The van der Waals surface area contributed by atoms with Crippen LogP contribution < -0.4 is 16.0 Å². The highest BCUT2D eigenvalue weighted by Crippen LogP contribution is 2.20. The summed E-state index contributed by atoms with van der Waals surface area (Å²) in [6.45, 7) is 3.63. The molecule has 0 bridgehead atoms. The third-order valence-corrected chi connectivity index (χ3v) is 2.81. The van der Waals surface area contributed by atoms with E-state index in [-0.39, 0.29) is 11.9 Å². The van der Waals surface area contributed by atoms with E-state index in [1.807, 2.05) is 13.0 Å². The molecule has 3 N–H and O–H groups in total. The lowest BCUT2D eigenvalue weighted by Crippen LogP contribution is -2.28. The summed E-state index contributed by atoms with van der Waals surface area (Å²) in [5, 5.41) is 8.09. The van der Waals surface area contributed by atoms with E-state index in [4.69, 9.17) is 4.42 Å². The Morgan fingerprint density at radius 1 is 1.19 bits per heavy atom. The lowest BCUT2D eigenvalue weighted by atomic mass is 10.2. The zero-order valence-electron chi connectivity index (χ0n) is 11.9. The van der Waals surface area contributed by atoms with Gasteiger partial charge in [-0.15, -0.1) is 0 Å². The number of amides is 3. The molecule has 0 radical (unpaired) electrons. The molecule has 1 heterocycles. The number of hydrogen-bond acceptors (Lipinski definition) is 3.